The molecule has 0 aliphatic carbocycles. The van der Waals surface area contributed by atoms with Crippen molar-refractivity contribution in [2.75, 3.05) is 0 Å². The number of nitrogens with zero attached hydrogens (tertiary/aromatic N) is 5. The largest absolute Gasteiger partial charge is 0.325 e. The molecular formula is C10H16N6. The van der Waals surface area contributed by atoms with E-state index in [9.17, 15) is 0 Å². The van der Waals surface area contributed by atoms with E-state index in [0.29, 0.717) is 6.54 Å². The lowest BCUT2D eigenvalue weighted by Crippen LogP contribution is -2.07. The molecule has 0 saturated heterocycles. The molecule has 2 aromatic rings. The van der Waals surface area contributed by atoms with Gasteiger partial charge in [-0.05, 0) is 12.5 Å². The minimum absolute atomic E-state index is 0.393. The highest BCUT2D eigenvalue weighted by Crippen LogP contribution is 2.21. The lowest BCUT2D eigenvalue weighted by Gasteiger charge is -2.06. The molecule has 0 unspecified atom stereocenters. The van der Waals surface area contributed by atoms with Crippen LogP contribution in [0.3, 0.4) is 0 Å². The van der Waals surface area contributed by atoms with Crippen molar-refractivity contribution in [3.63, 3.8) is 0 Å². The molecule has 0 amide bonds. The summed E-state index contributed by atoms with van der Waals surface area (Å²) in [5, 5.41) is 12.4. The van der Waals surface area contributed by atoms with Crippen LogP contribution in [0.2, 0.25) is 0 Å². The summed E-state index contributed by atoms with van der Waals surface area (Å²) in [4.78, 5) is 0. The van der Waals surface area contributed by atoms with Gasteiger partial charge in [-0.3, -0.25) is 4.68 Å². The zero-order valence-corrected chi connectivity index (χ0v) is 9.59. The lowest BCUT2D eigenvalue weighted by atomic mass is 10.2. The highest BCUT2D eigenvalue weighted by molar-refractivity contribution is 5.57. The molecule has 0 saturated carbocycles. The van der Waals surface area contributed by atoms with Gasteiger partial charge < -0.3 is 5.73 Å². The molecule has 2 heterocycles. The summed E-state index contributed by atoms with van der Waals surface area (Å²) in [5.74, 6) is 0. The smallest absolute Gasteiger partial charge is 0.111 e. The molecule has 16 heavy (non-hydrogen) atoms. The molecule has 0 aliphatic heterocycles. The quantitative estimate of drug-likeness (QED) is 0.816. The molecule has 2 aromatic heterocycles. The van der Waals surface area contributed by atoms with Crippen LogP contribution in [0.15, 0.2) is 12.3 Å². The summed E-state index contributed by atoms with van der Waals surface area (Å²) in [6, 6.07) is 1.95. The second-order valence-electron chi connectivity index (χ2n) is 3.65. The van der Waals surface area contributed by atoms with Crippen LogP contribution >= 0.6 is 0 Å². The predicted molar refractivity (Wildman–Crippen MR) is 60.4 cm³/mol. The highest BCUT2D eigenvalue weighted by atomic mass is 15.4. The van der Waals surface area contributed by atoms with Crippen LogP contribution < -0.4 is 5.73 Å². The van der Waals surface area contributed by atoms with Gasteiger partial charge in [0.1, 0.15) is 11.4 Å². The van der Waals surface area contributed by atoms with Gasteiger partial charge in [-0.2, -0.15) is 5.10 Å². The topological polar surface area (TPSA) is 74.6 Å². The van der Waals surface area contributed by atoms with E-state index in [-0.39, 0.29) is 0 Å². The predicted octanol–water partition coefficient (Wildman–Crippen LogP) is 0.547. The van der Waals surface area contributed by atoms with Crippen LogP contribution in [0, 0.1) is 0 Å². The molecule has 2 N–H and O–H groups in total. The summed E-state index contributed by atoms with van der Waals surface area (Å²) >= 11 is 0. The lowest BCUT2D eigenvalue weighted by molar-refractivity contribution is 0.580. The van der Waals surface area contributed by atoms with Gasteiger partial charge >= 0.3 is 0 Å². The molecule has 0 fully saturated rings. The zero-order valence-electron chi connectivity index (χ0n) is 9.59. The van der Waals surface area contributed by atoms with Gasteiger partial charge in [-0.15, -0.1) is 5.10 Å². The van der Waals surface area contributed by atoms with Crippen LogP contribution in [-0.4, -0.2) is 24.8 Å². The number of nitrogens with two attached hydrogens (primary N) is 1. The van der Waals surface area contributed by atoms with Crippen molar-refractivity contribution in [1.82, 2.24) is 24.8 Å². The maximum atomic E-state index is 5.67. The number of hydrogen-bond donors (Lipinski definition) is 1. The highest BCUT2D eigenvalue weighted by Gasteiger charge is 2.15. The Bertz CT molecular complexity index is 469. The molecule has 0 spiro atoms. The molecule has 0 aliphatic rings. The molecule has 6 nitrogen and oxygen atoms in total. The number of hydrogen-bond acceptors (Lipinski definition) is 4. The van der Waals surface area contributed by atoms with Crippen molar-refractivity contribution < 1.29 is 0 Å². The van der Waals surface area contributed by atoms with Crippen LogP contribution in [0.1, 0.15) is 19.0 Å². The van der Waals surface area contributed by atoms with Crippen LogP contribution in [0.25, 0.3) is 11.4 Å². The summed E-state index contributed by atoms with van der Waals surface area (Å²) in [6.07, 6.45) is 2.77. The minimum Gasteiger partial charge on any atom is -0.325 e. The van der Waals surface area contributed by atoms with Crippen molar-refractivity contribution in [2.45, 2.75) is 26.4 Å². The average molecular weight is 220 g/mol. The Morgan fingerprint density at radius 3 is 2.81 bits per heavy atom. The molecule has 0 bridgehead atoms. The Kier molecular flexibility index (Phi) is 3.00. The van der Waals surface area contributed by atoms with Crippen molar-refractivity contribution in [3.8, 4) is 11.4 Å². The molecule has 2 rings (SSSR count). The van der Waals surface area contributed by atoms with Gasteiger partial charge in [0.25, 0.3) is 0 Å². The van der Waals surface area contributed by atoms with E-state index in [1.165, 1.54) is 0 Å². The summed E-state index contributed by atoms with van der Waals surface area (Å²) in [7, 11) is 1.90. The van der Waals surface area contributed by atoms with Crippen LogP contribution in [0.5, 0.6) is 0 Å². The van der Waals surface area contributed by atoms with E-state index in [2.05, 4.69) is 22.3 Å². The minimum atomic E-state index is 0.393. The van der Waals surface area contributed by atoms with Crippen LogP contribution in [0.4, 0.5) is 0 Å². The summed E-state index contributed by atoms with van der Waals surface area (Å²) in [6.45, 7) is 3.34. The Morgan fingerprint density at radius 1 is 1.44 bits per heavy atom. The second-order valence-corrected chi connectivity index (χ2v) is 3.65. The Morgan fingerprint density at radius 2 is 2.25 bits per heavy atom. The van der Waals surface area contributed by atoms with Gasteiger partial charge in [0, 0.05) is 26.3 Å². The Hall–Kier alpha value is -1.69. The molecule has 0 atom stereocenters. The summed E-state index contributed by atoms with van der Waals surface area (Å²) < 4.78 is 3.70. The van der Waals surface area contributed by atoms with E-state index < -0.39 is 0 Å². The van der Waals surface area contributed by atoms with E-state index in [1.807, 2.05) is 22.5 Å². The summed E-state index contributed by atoms with van der Waals surface area (Å²) in [5.41, 5.74) is 8.46. The Balaban J connectivity index is 2.52. The first kappa shape index (κ1) is 10.8. The maximum Gasteiger partial charge on any atom is 0.111 e. The fourth-order valence-corrected chi connectivity index (χ4v) is 1.74. The fourth-order valence-electron chi connectivity index (χ4n) is 1.74. The molecule has 86 valence electrons. The van der Waals surface area contributed by atoms with Crippen molar-refractivity contribution in [1.29, 1.82) is 0 Å². The monoisotopic (exact) mass is 220 g/mol. The standard InChI is InChI=1S/C10H16N6/c1-3-6-16-10(8(7-11)13-14-16)9-4-5-12-15(9)2/h4-5H,3,6-7,11H2,1-2H3. The maximum absolute atomic E-state index is 5.67. The normalized spacial score (nSPS) is 10.9. The first-order valence-corrected chi connectivity index (χ1v) is 5.38. The van der Waals surface area contributed by atoms with E-state index in [0.717, 1.165) is 30.0 Å². The van der Waals surface area contributed by atoms with Crippen molar-refractivity contribution >= 4 is 0 Å². The SMILES string of the molecule is CCCn1nnc(CN)c1-c1ccnn1C. The van der Waals surface area contributed by atoms with E-state index in [1.54, 1.807) is 6.20 Å². The van der Waals surface area contributed by atoms with Gasteiger partial charge in [0.15, 0.2) is 0 Å². The molecule has 0 aromatic carbocycles. The Labute approximate surface area is 94.1 Å². The van der Waals surface area contributed by atoms with E-state index in [4.69, 9.17) is 5.73 Å². The zero-order chi connectivity index (χ0) is 11.5. The number of aryl methyl sites for hydroxylation is 2. The van der Waals surface area contributed by atoms with Crippen molar-refractivity contribution in [2.24, 2.45) is 12.8 Å². The first-order valence-electron chi connectivity index (χ1n) is 5.38. The van der Waals surface area contributed by atoms with Gasteiger partial charge in [0.05, 0.1) is 5.69 Å². The number of rotatable bonds is 4. The van der Waals surface area contributed by atoms with Crippen LogP contribution in [-0.2, 0) is 20.1 Å². The second kappa shape index (κ2) is 4.44. The third kappa shape index (κ3) is 1.71. The molecule has 0 radical (unpaired) electrons. The van der Waals surface area contributed by atoms with Gasteiger partial charge in [-0.25, -0.2) is 4.68 Å². The van der Waals surface area contributed by atoms with E-state index >= 15 is 0 Å². The fraction of sp³-hybridized carbons (Fsp3) is 0.500. The first-order chi connectivity index (χ1) is 7.77. The third-order valence-corrected chi connectivity index (χ3v) is 2.50. The van der Waals surface area contributed by atoms with Gasteiger partial charge in [-0.1, -0.05) is 12.1 Å². The molecule has 6 heteroatoms. The average Bonchev–Trinajstić information content (AvgIpc) is 2.85. The third-order valence-electron chi connectivity index (χ3n) is 2.50. The van der Waals surface area contributed by atoms with Crippen molar-refractivity contribution in [3.05, 3.63) is 18.0 Å². The van der Waals surface area contributed by atoms with Gasteiger partial charge in [0.2, 0.25) is 0 Å². The molecular weight excluding hydrogens is 204 g/mol. The number of aromatic nitrogens is 5.